The third-order valence-electron chi connectivity index (χ3n) is 9.27. The molecular formula is C48H30O. The number of fused-ring (bicyclic) bond motifs is 6. The van der Waals surface area contributed by atoms with Crippen LogP contribution in [0.4, 0.5) is 0 Å². The maximum absolute atomic E-state index is 9.40. The van der Waals surface area contributed by atoms with Crippen molar-refractivity contribution in [1.29, 1.82) is 0 Å². The fourth-order valence-electron chi connectivity index (χ4n) is 7.10. The Morgan fingerprint density at radius 3 is 1.73 bits per heavy atom. The minimum Gasteiger partial charge on any atom is -0.455 e. The number of benzene rings is 9. The van der Waals surface area contributed by atoms with Gasteiger partial charge in [-0.2, -0.15) is 0 Å². The van der Waals surface area contributed by atoms with Crippen LogP contribution in [-0.2, 0) is 0 Å². The molecule has 1 nitrogen and oxygen atoms in total. The highest BCUT2D eigenvalue weighted by Gasteiger charge is 2.20. The van der Waals surface area contributed by atoms with E-state index < -0.39 is 66.0 Å². The van der Waals surface area contributed by atoms with Gasteiger partial charge in [0.2, 0.25) is 0 Å². The molecule has 49 heavy (non-hydrogen) atoms. The van der Waals surface area contributed by atoms with E-state index in [0.29, 0.717) is 5.56 Å². The van der Waals surface area contributed by atoms with Crippen molar-refractivity contribution in [2.45, 2.75) is 0 Å². The van der Waals surface area contributed by atoms with Crippen molar-refractivity contribution in [1.82, 2.24) is 0 Å². The van der Waals surface area contributed by atoms with Crippen LogP contribution in [0.3, 0.4) is 0 Å². The number of hydrogen-bond acceptors (Lipinski definition) is 1. The molecule has 0 unspecified atom stereocenters. The van der Waals surface area contributed by atoms with Crippen molar-refractivity contribution in [3.05, 3.63) is 182 Å². The van der Waals surface area contributed by atoms with E-state index in [1.165, 1.54) is 0 Å². The van der Waals surface area contributed by atoms with Crippen LogP contribution in [0.2, 0.25) is 0 Å². The molecule has 0 amide bonds. The molecule has 0 saturated heterocycles. The second-order valence-corrected chi connectivity index (χ2v) is 12.0. The van der Waals surface area contributed by atoms with Crippen LogP contribution >= 0.6 is 0 Å². The first-order chi connectivity index (χ1) is 28.9. The highest BCUT2D eigenvalue weighted by Crippen LogP contribution is 2.47. The lowest BCUT2D eigenvalue weighted by molar-refractivity contribution is 0.670. The summed E-state index contributed by atoms with van der Waals surface area (Å²) in [6, 6.07) is 32.5. The molecule has 0 aliphatic carbocycles. The predicted octanol–water partition coefficient (Wildman–Crippen LogP) is 13.7. The zero-order valence-corrected chi connectivity index (χ0v) is 25.9. The zero-order valence-electron chi connectivity index (χ0n) is 36.9. The Balaban J connectivity index is 1.27. The van der Waals surface area contributed by atoms with Crippen LogP contribution < -0.4 is 0 Å². The highest BCUT2D eigenvalue weighted by molar-refractivity contribution is 6.24. The van der Waals surface area contributed by atoms with Crippen LogP contribution in [0, 0.1) is 0 Å². The average Bonchev–Trinajstić information content (AvgIpc) is 3.68. The summed E-state index contributed by atoms with van der Waals surface area (Å²) in [6.07, 6.45) is 0. The summed E-state index contributed by atoms with van der Waals surface area (Å²) >= 11 is 0. The molecule has 0 spiro atoms. The highest BCUT2D eigenvalue weighted by atomic mass is 16.3. The minimum atomic E-state index is -0.660. The van der Waals surface area contributed by atoms with Crippen LogP contribution in [0.25, 0.3) is 98.8 Å². The molecular weight excluding hydrogens is 593 g/mol. The van der Waals surface area contributed by atoms with Gasteiger partial charge in [-0.1, -0.05) is 170 Å². The number of rotatable bonds is 4. The minimum absolute atomic E-state index is 0.0295. The Morgan fingerprint density at radius 2 is 1.00 bits per heavy atom. The summed E-state index contributed by atoms with van der Waals surface area (Å²) < 4.78 is 103. The van der Waals surface area contributed by atoms with Crippen molar-refractivity contribution in [2.75, 3.05) is 0 Å². The first-order valence-corrected chi connectivity index (χ1v) is 16.0. The van der Waals surface area contributed by atoms with Crippen LogP contribution in [0.1, 0.15) is 15.1 Å². The third kappa shape index (κ3) is 4.40. The predicted molar refractivity (Wildman–Crippen MR) is 208 cm³/mol. The molecule has 1 aromatic heterocycles. The van der Waals surface area contributed by atoms with Gasteiger partial charge in [-0.25, -0.2) is 0 Å². The van der Waals surface area contributed by atoms with E-state index in [9.17, 15) is 2.74 Å². The molecule has 9 aromatic carbocycles. The Bertz CT molecular complexity index is 3410. The summed E-state index contributed by atoms with van der Waals surface area (Å²) in [6.45, 7) is 0. The van der Waals surface area contributed by atoms with Crippen LogP contribution in [0.15, 0.2) is 186 Å². The summed E-state index contributed by atoms with van der Waals surface area (Å²) in [5.74, 6) is 0. The fraction of sp³-hybridized carbons (Fsp3) is 0. The lowest BCUT2D eigenvalue weighted by atomic mass is 9.85. The van der Waals surface area contributed by atoms with E-state index in [1.54, 1.807) is 0 Å². The summed E-state index contributed by atoms with van der Waals surface area (Å²) in [7, 11) is 0. The third-order valence-corrected chi connectivity index (χ3v) is 9.27. The standard InChI is InChI=1S/C48H30O/c1-2-12-31(13-3-1)35-28-29-45-44(30-35)42-22-11-23-43(48(42)49-45)47-40-19-8-6-17-38(40)46(39-18-7-9-20-41(39)47)34-26-24-33(25-27-34)37-21-10-15-32-14-4-5-16-36(32)37/h1-30H/i1D,2D,3D,11D,12D,13D,22D,23D,28D,29D,30D. The monoisotopic (exact) mass is 633 g/mol. The van der Waals surface area contributed by atoms with Gasteiger partial charge in [-0.05, 0) is 77.8 Å². The van der Waals surface area contributed by atoms with E-state index in [-0.39, 0.29) is 39.1 Å². The molecule has 0 aliphatic heterocycles. The van der Waals surface area contributed by atoms with Gasteiger partial charge in [0.1, 0.15) is 11.2 Å². The number of hydrogen-bond donors (Lipinski definition) is 0. The SMILES string of the molecule is [2H]c1c([2H])c([2H])c(-c2c([2H])c([2H])c3oc4c(-c5c6ccccc6c(-c6ccc(-c7cccc8ccccc78)cc6)c6ccccc56)c([2H])c([2H])c([2H])c4c3c2[2H])c([2H])c1[2H]. The second-order valence-electron chi connectivity index (χ2n) is 12.0. The summed E-state index contributed by atoms with van der Waals surface area (Å²) in [5.41, 5.74) is 3.74. The molecule has 10 rings (SSSR count). The molecule has 10 aromatic rings. The van der Waals surface area contributed by atoms with Crippen molar-refractivity contribution < 1.29 is 19.5 Å². The van der Waals surface area contributed by atoms with Crippen LogP contribution in [-0.4, -0.2) is 0 Å². The lowest BCUT2D eigenvalue weighted by Gasteiger charge is -2.18. The molecule has 1 heterocycles. The molecule has 0 saturated carbocycles. The largest absolute Gasteiger partial charge is 0.455 e. The van der Waals surface area contributed by atoms with Crippen LogP contribution in [0.5, 0.6) is 0 Å². The smallest absolute Gasteiger partial charge is 0.143 e. The summed E-state index contributed by atoms with van der Waals surface area (Å²) in [4.78, 5) is 0. The second kappa shape index (κ2) is 11.1. The number of furan rings is 1. The zero-order chi connectivity index (χ0) is 41.9. The molecule has 0 bridgehead atoms. The molecule has 0 aliphatic rings. The van der Waals surface area contributed by atoms with Crippen molar-refractivity contribution in [2.24, 2.45) is 0 Å². The Hall–Kier alpha value is -6.44. The Morgan fingerprint density at radius 1 is 0.367 bits per heavy atom. The van der Waals surface area contributed by atoms with Crippen molar-refractivity contribution in [3.8, 4) is 44.5 Å². The van der Waals surface area contributed by atoms with E-state index in [2.05, 4.69) is 54.6 Å². The molecule has 0 radical (unpaired) electrons. The first kappa shape index (κ1) is 18.8. The van der Waals surface area contributed by atoms with Gasteiger partial charge in [0.15, 0.2) is 0 Å². The van der Waals surface area contributed by atoms with E-state index >= 15 is 0 Å². The van der Waals surface area contributed by atoms with Gasteiger partial charge in [-0.3, -0.25) is 0 Å². The Kier molecular flexibility index (Phi) is 4.25. The quantitative estimate of drug-likeness (QED) is 0.176. The van der Waals surface area contributed by atoms with E-state index in [0.717, 1.165) is 54.6 Å². The van der Waals surface area contributed by atoms with Gasteiger partial charge in [0.05, 0.1) is 15.1 Å². The van der Waals surface area contributed by atoms with Gasteiger partial charge in [0.25, 0.3) is 0 Å². The maximum Gasteiger partial charge on any atom is 0.143 e. The van der Waals surface area contributed by atoms with Gasteiger partial charge >= 0.3 is 0 Å². The molecule has 1 heteroatoms. The van der Waals surface area contributed by atoms with Gasteiger partial charge in [0, 0.05) is 21.9 Å². The van der Waals surface area contributed by atoms with Crippen molar-refractivity contribution >= 4 is 54.3 Å². The molecule has 228 valence electrons. The van der Waals surface area contributed by atoms with Gasteiger partial charge < -0.3 is 4.42 Å². The molecule has 0 atom stereocenters. The molecule has 0 fully saturated rings. The average molecular weight is 634 g/mol. The summed E-state index contributed by atoms with van der Waals surface area (Å²) in [5, 5.41) is 5.31. The van der Waals surface area contributed by atoms with E-state index in [1.807, 2.05) is 60.7 Å². The normalized spacial score (nSPS) is 14.8. The van der Waals surface area contributed by atoms with Crippen molar-refractivity contribution in [3.63, 3.8) is 0 Å². The Labute approximate surface area is 299 Å². The fourth-order valence-corrected chi connectivity index (χ4v) is 7.10. The number of para-hydroxylation sites is 1. The van der Waals surface area contributed by atoms with E-state index in [4.69, 9.17) is 16.8 Å². The topological polar surface area (TPSA) is 13.1 Å². The van der Waals surface area contributed by atoms with Gasteiger partial charge in [-0.15, -0.1) is 0 Å². The maximum atomic E-state index is 9.40. The molecule has 0 N–H and O–H groups in total. The first-order valence-electron chi connectivity index (χ1n) is 21.5. The lowest BCUT2D eigenvalue weighted by Crippen LogP contribution is -1.91.